The summed E-state index contributed by atoms with van der Waals surface area (Å²) < 4.78 is 41.0. The van der Waals surface area contributed by atoms with Gasteiger partial charge in [0.2, 0.25) is 11.8 Å². The van der Waals surface area contributed by atoms with E-state index in [9.17, 15) is 22.8 Å². The van der Waals surface area contributed by atoms with Crippen molar-refractivity contribution in [3.8, 4) is 0 Å². The van der Waals surface area contributed by atoms with Gasteiger partial charge in [-0.3, -0.25) is 19.4 Å². The SMILES string of the molecule is C[C@H]1CNCCN1CC(=O)N1c2ccccc2NC(=O)CC1C(F)(F)F.Cl. The van der Waals surface area contributed by atoms with Crippen LogP contribution in [0.4, 0.5) is 24.5 Å². The number of benzene rings is 1. The normalized spacial score (nSPS) is 23.7. The van der Waals surface area contributed by atoms with Gasteiger partial charge in [-0.05, 0) is 19.1 Å². The number of anilines is 2. The Kier molecular flexibility index (Phi) is 6.72. The van der Waals surface area contributed by atoms with E-state index in [0.29, 0.717) is 19.6 Å². The standard InChI is InChI=1S/C17H21F3N4O2.ClH/c1-11-9-21-6-7-23(11)10-16(26)24-13-5-3-2-4-12(13)22-15(25)8-14(24)17(18,19)20;/h2-5,11,14,21H,6-10H2,1H3,(H,22,25);1H/t11-,14?;/m0./s1. The van der Waals surface area contributed by atoms with Gasteiger partial charge in [0.15, 0.2) is 0 Å². The fourth-order valence-corrected chi connectivity index (χ4v) is 3.36. The number of hydrogen-bond donors (Lipinski definition) is 2. The Morgan fingerprint density at radius 3 is 2.67 bits per heavy atom. The second-order valence-electron chi connectivity index (χ2n) is 6.61. The number of alkyl halides is 3. The third kappa shape index (κ3) is 4.72. The number of nitrogens with zero attached hydrogens (tertiary/aromatic N) is 2. The summed E-state index contributed by atoms with van der Waals surface area (Å²) in [5.41, 5.74) is 0.291. The van der Waals surface area contributed by atoms with Gasteiger partial charge in [0, 0.05) is 25.7 Å². The lowest BCUT2D eigenvalue weighted by atomic mass is 10.1. The van der Waals surface area contributed by atoms with Gasteiger partial charge in [-0.1, -0.05) is 12.1 Å². The lowest BCUT2D eigenvalue weighted by Gasteiger charge is -2.37. The summed E-state index contributed by atoms with van der Waals surface area (Å²) in [6.07, 6.45) is -5.53. The summed E-state index contributed by atoms with van der Waals surface area (Å²) in [7, 11) is 0. The van der Waals surface area contributed by atoms with Crippen LogP contribution in [0.15, 0.2) is 24.3 Å². The molecule has 0 saturated carbocycles. The Morgan fingerprint density at radius 1 is 1.30 bits per heavy atom. The van der Waals surface area contributed by atoms with Crippen LogP contribution in [-0.2, 0) is 9.59 Å². The fraction of sp³-hybridized carbons (Fsp3) is 0.529. The topological polar surface area (TPSA) is 64.7 Å². The van der Waals surface area contributed by atoms with Crippen LogP contribution in [0.1, 0.15) is 13.3 Å². The van der Waals surface area contributed by atoms with E-state index in [4.69, 9.17) is 0 Å². The summed E-state index contributed by atoms with van der Waals surface area (Å²) in [5, 5.41) is 5.65. The van der Waals surface area contributed by atoms with Gasteiger partial charge in [-0.2, -0.15) is 13.2 Å². The average Bonchev–Trinajstić information content (AvgIpc) is 2.72. The fourth-order valence-electron chi connectivity index (χ4n) is 3.36. The minimum absolute atomic E-state index is 0. The molecular weight excluding hydrogens is 385 g/mol. The van der Waals surface area contributed by atoms with E-state index in [1.54, 1.807) is 12.1 Å². The van der Waals surface area contributed by atoms with Gasteiger partial charge in [0.05, 0.1) is 24.3 Å². The summed E-state index contributed by atoms with van der Waals surface area (Å²) >= 11 is 0. The molecule has 0 aromatic heterocycles. The third-order valence-corrected chi connectivity index (χ3v) is 4.75. The molecular formula is C17H22ClF3N4O2. The summed E-state index contributed by atoms with van der Waals surface area (Å²) in [6.45, 7) is 3.72. The number of nitrogens with one attached hydrogen (secondary N) is 2. The number of carbonyl (C=O) groups excluding carboxylic acids is 2. The Morgan fingerprint density at radius 2 is 2.00 bits per heavy atom. The molecule has 3 rings (SSSR count). The predicted molar refractivity (Wildman–Crippen MR) is 98.2 cm³/mol. The van der Waals surface area contributed by atoms with Crippen molar-refractivity contribution in [2.24, 2.45) is 0 Å². The first-order valence-electron chi connectivity index (χ1n) is 8.50. The van der Waals surface area contributed by atoms with E-state index >= 15 is 0 Å². The molecule has 0 bridgehead atoms. The second kappa shape index (κ2) is 8.45. The first kappa shape index (κ1) is 21.5. The number of carbonyl (C=O) groups is 2. The number of para-hydroxylation sites is 2. The summed E-state index contributed by atoms with van der Waals surface area (Å²) in [4.78, 5) is 27.5. The highest BCUT2D eigenvalue weighted by atomic mass is 35.5. The maximum atomic E-state index is 13.7. The molecule has 1 unspecified atom stereocenters. The van der Waals surface area contributed by atoms with Crippen LogP contribution in [0.3, 0.4) is 0 Å². The van der Waals surface area contributed by atoms with Gasteiger partial charge in [-0.25, -0.2) is 0 Å². The molecule has 10 heteroatoms. The number of amides is 2. The molecule has 0 spiro atoms. The second-order valence-corrected chi connectivity index (χ2v) is 6.61. The largest absolute Gasteiger partial charge is 0.409 e. The van der Waals surface area contributed by atoms with Crippen molar-refractivity contribution in [3.63, 3.8) is 0 Å². The maximum Gasteiger partial charge on any atom is 0.409 e. The van der Waals surface area contributed by atoms with Crippen LogP contribution in [0.2, 0.25) is 0 Å². The molecule has 6 nitrogen and oxygen atoms in total. The van der Waals surface area contributed by atoms with Crippen molar-refractivity contribution in [3.05, 3.63) is 24.3 Å². The Labute approximate surface area is 161 Å². The van der Waals surface area contributed by atoms with Crippen LogP contribution in [0, 0.1) is 0 Å². The zero-order valence-electron chi connectivity index (χ0n) is 14.8. The summed E-state index contributed by atoms with van der Waals surface area (Å²) in [6, 6.07) is 3.94. The number of halogens is 4. The van der Waals surface area contributed by atoms with Crippen molar-refractivity contribution in [1.29, 1.82) is 0 Å². The van der Waals surface area contributed by atoms with Gasteiger partial charge in [-0.15, -0.1) is 12.4 Å². The molecule has 2 aliphatic rings. The quantitative estimate of drug-likeness (QED) is 0.788. The highest BCUT2D eigenvalue weighted by Crippen LogP contribution is 2.37. The van der Waals surface area contributed by atoms with Crippen molar-refractivity contribution in [1.82, 2.24) is 10.2 Å². The monoisotopic (exact) mass is 406 g/mol. The van der Waals surface area contributed by atoms with Crippen molar-refractivity contribution >= 4 is 35.6 Å². The molecule has 150 valence electrons. The molecule has 0 aliphatic carbocycles. The summed E-state index contributed by atoms with van der Waals surface area (Å²) in [5.74, 6) is -1.42. The highest BCUT2D eigenvalue weighted by Gasteiger charge is 2.49. The minimum Gasteiger partial charge on any atom is -0.324 e. The van der Waals surface area contributed by atoms with E-state index in [1.807, 2.05) is 11.8 Å². The Balaban J connectivity index is 0.00000261. The van der Waals surface area contributed by atoms with Crippen LogP contribution in [-0.4, -0.2) is 61.2 Å². The third-order valence-electron chi connectivity index (χ3n) is 4.75. The lowest BCUT2D eigenvalue weighted by molar-refractivity contribution is -0.158. The van der Waals surface area contributed by atoms with Crippen molar-refractivity contribution in [2.45, 2.75) is 31.6 Å². The molecule has 0 radical (unpaired) electrons. The smallest absolute Gasteiger partial charge is 0.324 e. The molecule has 1 fully saturated rings. The number of hydrogen-bond acceptors (Lipinski definition) is 4. The number of fused-ring (bicyclic) bond motifs is 1. The van der Waals surface area contributed by atoms with E-state index in [1.165, 1.54) is 12.1 Å². The Hall–Kier alpha value is -1.84. The predicted octanol–water partition coefficient (Wildman–Crippen LogP) is 2.01. The van der Waals surface area contributed by atoms with Gasteiger partial charge in [0.1, 0.15) is 6.04 Å². The zero-order chi connectivity index (χ0) is 18.9. The van der Waals surface area contributed by atoms with Crippen LogP contribution >= 0.6 is 12.4 Å². The first-order chi connectivity index (χ1) is 12.3. The first-order valence-corrected chi connectivity index (χ1v) is 8.50. The van der Waals surface area contributed by atoms with Crippen molar-refractivity contribution in [2.75, 3.05) is 36.4 Å². The lowest BCUT2D eigenvalue weighted by Crippen LogP contribution is -2.56. The molecule has 2 amide bonds. The number of piperazine rings is 1. The average molecular weight is 407 g/mol. The molecule has 2 N–H and O–H groups in total. The Bertz CT molecular complexity index is 701. The molecule has 1 aromatic rings. The molecule has 2 atom stereocenters. The van der Waals surface area contributed by atoms with E-state index in [2.05, 4.69) is 10.6 Å². The molecule has 2 aliphatic heterocycles. The van der Waals surface area contributed by atoms with Crippen LogP contribution in [0.5, 0.6) is 0 Å². The van der Waals surface area contributed by atoms with Crippen LogP contribution in [0.25, 0.3) is 0 Å². The van der Waals surface area contributed by atoms with E-state index in [0.717, 1.165) is 4.90 Å². The van der Waals surface area contributed by atoms with Crippen molar-refractivity contribution < 1.29 is 22.8 Å². The van der Waals surface area contributed by atoms with Gasteiger partial charge in [0.25, 0.3) is 0 Å². The highest BCUT2D eigenvalue weighted by molar-refractivity contribution is 6.05. The molecule has 1 aromatic carbocycles. The molecule has 2 heterocycles. The van der Waals surface area contributed by atoms with E-state index in [-0.39, 0.29) is 36.4 Å². The molecule has 27 heavy (non-hydrogen) atoms. The van der Waals surface area contributed by atoms with Crippen LogP contribution < -0.4 is 15.5 Å². The van der Waals surface area contributed by atoms with Gasteiger partial charge >= 0.3 is 6.18 Å². The van der Waals surface area contributed by atoms with Gasteiger partial charge < -0.3 is 10.6 Å². The van der Waals surface area contributed by atoms with E-state index < -0.39 is 30.5 Å². The zero-order valence-corrected chi connectivity index (χ0v) is 15.6. The maximum absolute atomic E-state index is 13.7. The minimum atomic E-state index is -4.71. The molecule has 1 saturated heterocycles. The number of rotatable bonds is 2.